The number of ether oxygens (including phenoxy) is 1. The van der Waals surface area contributed by atoms with Gasteiger partial charge in [0.05, 0.1) is 6.61 Å². The van der Waals surface area contributed by atoms with Crippen LogP contribution in [0.25, 0.3) is 0 Å². The summed E-state index contributed by atoms with van der Waals surface area (Å²) in [6, 6.07) is 16.1. The van der Waals surface area contributed by atoms with E-state index in [0.29, 0.717) is 12.4 Å². The van der Waals surface area contributed by atoms with Crippen LogP contribution in [-0.2, 0) is 6.42 Å². The van der Waals surface area contributed by atoms with Crippen LogP contribution in [-0.4, -0.2) is 6.61 Å². The number of hydrogen-bond donors (Lipinski definition) is 0. The van der Waals surface area contributed by atoms with Gasteiger partial charge in [-0.05, 0) is 48.8 Å². The molecule has 0 spiro atoms. The highest BCUT2D eigenvalue weighted by Crippen LogP contribution is 2.28. The molecule has 0 aliphatic heterocycles. The number of aryl methyl sites for hydroxylation is 1. The molecule has 2 heteroatoms. The normalized spacial score (nSPS) is 13.1. The predicted molar refractivity (Wildman–Crippen MR) is 141 cm³/mol. The van der Waals surface area contributed by atoms with E-state index in [1.807, 2.05) is 13.0 Å². The third-order valence-corrected chi connectivity index (χ3v) is 7.01. The summed E-state index contributed by atoms with van der Waals surface area (Å²) in [7, 11) is 0. The van der Waals surface area contributed by atoms with E-state index in [-0.39, 0.29) is 5.82 Å². The van der Waals surface area contributed by atoms with Gasteiger partial charge < -0.3 is 4.74 Å². The van der Waals surface area contributed by atoms with Gasteiger partial charge in [-0.1, -0.05) is 127 Å². The van der Waals surface area contributed by atoms with Gasteiger partial charge in [-0.2, -0.15) is 0 Å². The van der Waals surface area contributed by atoms with Gasteiger partial charge in [0.15, 0.2) is 11.6 Å². The zero-order valence-electron chi connectivity index (χ0n) is 21.5. The fourth-order valence-electron chi connectivity index (χ4n) is 4.89. The number of rotatable bonds is 18. The molecule has 2 atom stereocenters. The van der Waals surface area contributed by atoms with Crippen molar-refractivity contribution in [1.29, 1.82) is 0 Å². The average Bonchev–Trinajstić information content (AvgIpc) is 2.81. The first-order valence-electron chi connectivity index (χ1n) is 13.5. The Balaban J connectivity index is 1.69. The number of para-hydroxylation sites is 1. The summed E-state index contributed by atoms with van der Waals surface area (Å²) in [6.07, 6.45) is 16.8. The Bertz CT molecular complexity index is 722. The highest BCUT2D eigenvalue weighted by Gasteiger charge is 2.17. The Morgan fingerprint density at radius 1 is 0.758 bits per heavy atom. The number of benzene rings is 2. The maximum Gasteiger partial charge on any atom is 0.165 e. The standard InChI is InChI=1S/C31H47FO/c1-4-5-6-7-8-14-21-29(27(3)25-28-19-12-11-13-20-28)22-15-9-10-16-24-33-31-26(2)18-17-23-30(31)32/h11-13,17-20,23,27,29H,4-10,14-16,21-22,24-25H2,1-3H3. The number of unbranched alkanes of at least 4 members (excludes halogenated alkanes) is 8. The first-order valence-corrected chi connectivity index (χ1v) is 13.5. The predicted octanol–water partition coefficient (Wildman–Crippen LogP) is 9.71. The summed E-state index contributed by atoms with van der Waals surface area (Å²) >= 11 is 0. The summed E-state index contributed by atoms with van der Waals surface area (Å²) in [5.74, 6) is 1.72. The van der Waals surface area contributed by atoms with Crippen molar-refractivity contribution in [2.24, 2.45) is 11.8 Å². The van der Waals surface area contributed by atoms with Crippen LogP contribution >= 0.6 is 0 Å². The Kier molecular flexibility index (Phi) is 13.9. The lowest BCUT2D eigenvalue weighted by molar-refractivity contribution is 0.278. The Morgan fingerprint density at radius 2 is 1.39 bits per heavy atom. The van der Waals surface area contributed by atoms with Crippen molar-refractivity contribution in [1.82, 2.24) is 0 Å². The zero-order valence-corrected chi connectivity index (χ0v) is 21.5. The molecule has 33 heavy (non-hydrogen) atoms. The van der Waals surface area contributed by atoms with E-state index in [1.165, 1.54) is 82.3 Å². The SMILES string of the molecule is CCCCCCCCC(CCCCCCOc1c(C)cccc1F)C(C)Cc1ccccc1. The van der Waals surface area contributed by atoms with E-state index in [0.717, 1.165) is 30.2 Å². The van der Waals surface area contributed by atoms with Gasteiger partial charge in [-0.25, -0.2) is 4.39 Å². The molecule has 1 nitrogen and oxygen atoms in total. The minimum atomic E-state index is -0.250. The van der Waals surface area contributed by atoms with Crippen molar-refractivity contribution >= 4 is 0 Å². The number of halogens is 1. The molecule has 0 aromatic heterocycles. The molecule has 0 radical (unpaired) electrons. The molecule has 2 aromatic rings. The van der Waals surface area contributed by atoms with Crippen molar-refractivity contribution < 1.29 is 9.13 Å². The van der Waals surface area contributed by atoms with Crippen molar-refractivity contribution in [2.75, 3.05) is 6.61 Å². The van der Waals surface area contributed by atoms with Crippen LogP contribution in [0.3, 0.4) is 0 Å². The van der Waals surface area contributed by atoms with E-state index >= 15 is 0 Å². The molecule has 2 unspecified atom stereocenters. The van der Waals surface area contributed by atoms with Gasteiger partial charge in [-0.3, -0.25) is 0 Å². The number of hydrogen-bond acceptors (Lipinski definition) is 1. The van der Waals surface area contributed by atoms with E-state index in [2.05, 4.69) is 44.2 Å². The summed E-state index contributed by atoms with van der Waals surface area (Å²) in [6.45, 7) is 7.25. The minimum Gasteiger partial charge on any atom is -0.490 e. The minimum absolute atomic E-state index is 0.250. The maximum atomic E-state index is 13.9. The third kappa shape index (κ3) is 11.2. The molecule has 0 aliphatic rings. The van der Waals surface area contributed by atoms with Crippen LogP contribution in [0.2, 0.25) is 0 Å². The van der Waals surface area contributed by atoms with Gasteiger partial charge in [0.25, 0.3) is 0 Å². The molecule has 0 fully saturated rings. The first kappa shape index (κ1) is 27.4. The van der Waals surface area contributed by atoms with Crippen molar-refractivity contribution in [3.63, 3.8) is 0 Å². The van der Waals surface area contributed by atoms with E-state index in [4.69, 9.17) is 4.74 Å². The second-order valence-corrected chi connectivity index (χ2v) is 9.92. The van der Waals surface area contributed by atoms with Gasteiger partial charge in [0.1, 0.15) is 0 Å². The topological polar surface area (TPSA) is 9.23 Å². The van der Waals surface area contributed by atoms with Crippen LogP contribution in [0.1, 0.15) is 102 Å². The van der Waals surface area contributed by atoms with Gasteiger partial charge in [-0.15, -0.1) is 0 Å². The van der Waals surface area contributed by atoms with Crippen molar-refractivity contribution in [3.05, 3.63) is 65.5 Å². The quantitative estimate of drug-likeness (QED) is 0.204. The molecule has 0 aliphatic carbocycles. The smallest absolute Gasteiger partial charge is 0.165 e. The summed E-state index contributed by atoms with van der Waals surface area (Å²) < 4.78 is 19.6. The molecule has 2 rings (SSSR count). The van der Waals surface area contributed by atoms with Crippen LogP contribution in [0.4, 0.5) is 4.39 Å². The largest absolute Gasteiger partial charge is 0.490 e. The fourth-order valence-corrected chi connectivity index (χ4v) is 4.89. The molecule has 184 valence electrons. The monoisotopic (exact) mass is 454 g/mol. The second-order valence-electron chi connectivity index (χ2n) is 9.92. The first-order chi connectivity index (χ1) is 16.1. The van der Waals surface area contributed by atoms with E-state index in [9.17, 15) is 4.39 Å². The van der Waals surface area contributed by atoms with Crippen LogP contribution in [0.5, 0.6) is 5.75 Å². The lowest BCUT2D eigenvalue weighted by Crippen LogP contribution is -2.15. The average molecular weight is 455 g/mol. The Hall–Kier alpha value is -1.83. The Morgan fingerprint density at radius 3 is 2.06 bits per heavy atom. The summed E-state index contributed by atoms with van der Waals surface area (Å²) in [5.41, 5.74) is 2.35. The van der Waals surface area contributed by atoms with Crippen LogP contribution in [0, 0.1) is 24.6 Å². The van der Waals surface area contributed by atoms with Gasteiger partial charge in [0.2, 0.25) is 0 Å². The molecule has 2 aromatic carbocycles. The molecule has 0 saturated heterocycles. The Labute approximate surface area is 203 Å². The lowest BCUT2D eigenvalue weighted by Gasteiger charge is -2.24. The highest BCUT2D eigenvalue weighted by atomic mass is 19.1. The molecule has 0 heterocycles. The maximum absolute atomic E-state index is 13.9. The lowest BCUT2D eigenvalue weighted by atomic mass is 9.81. The summed E-state index contributed by atoms with van der Waals surface area (Å²) in [5, 5.41) is 0. The molecule has 0 amide bonds. The van der Waals surface area contributed by atoms with Gasteiger partial charge >= 0.3 is 0 Å². The van der Waals surface area contributed by atoms with E-state index < -0.39 is 0 Å². The zero-order chi connectivity index (χ0) is 23.7. The van der Waals surface area contributed by atoms with Gasteiger partial charge in [0, 0.05) is 0 Å². The molecular formula is C31H47FO. The molecular weight excluding hydrogens is 407 g/mol. The van der Waals surface area contributed by atoms with Crippen LogP contribution < -0.4 is 4.74 Å². The van der Waals surface area contributed by atoms with E-state index in [1.54, 1.807) is 6.07 Å². The second kappa shape index (κ2) is 16.7. The summed E-state index contributed by atoms with van der Waals surface area (Å²) in [4.78, 5) is 0. The van der Waals surface area contributed by atoms with Crippen LogP contribution in [0.15, 0.2) is 48.5 Å². The molecule has 0 saturated carbocycles. The molecule has 0 bridgehead atoms. The third-order valence-electron chi connectivity index (χ3n) is 7.01. The fraction of sp³-hybridized carbons (Fsp3) is 0.613. The molecule has 0 N–H and O–H groups in total. The van der Waals surface area contributed by atoms with Crippen molar-refractivity contribution in [2.45, 2.75) is 104 Å². The van der Waals surface area contributed by atoms with Crippen molar-refractivity contribution in [3.8, 4) is 5.75 Å². The highest BCUT2D eigenvalue weighted by molar-refractivity contribution is 5.33.